The molecule has 4 aromatic rings. The van der Waals surface area contributed by atoms with Gasteiger partial charge in [-0.3, -0.25) is 24.1 Å². The van der Waals surface area contributed by atoms with Gasteiger partial charge < -0.3 is 15.2 Å². The van der Waals surface area contributed by atoms with Gasteiger partial charge in [0.1, 0.15) is 0 Å². The Morgan fingerprint density at radius 3 is 2.12 bits per heavy atom. The first-order chi connectivity index (χ1) is 24.2. The molecular weight excluding hydrogens is 630 g/mol. The number of rotatable bonds is 7. The van der Waals surface area contributed by atoms with Crippen molar-refractivity contribution < 1.29 is 29.0 Å². The molecule has 1 saturated carbocycles. The predicted octanol–water partition coefficient (Wildman–Crippen LogP) is 6.97. The Morgan fingerprint density at radius 1 is 0.760 bits per heavy atom. The zero-order chi connectivity index (χ0) is 34.7. The van der Waals surface area contributed by atoms with E-state index in [4.69, 9.17) is 4.74 Å². The summed E-state index contributed by atoms with van der Waals surface area (Å²) in [6.07, 6.45) is 2.51. The summed E-state index contributed by atoms with van der Waals surface area (Å²) in [6, 6.07) is 31.0. The zero-order valence-corrected chi connectivity index (χ0v) is 27.8. The van der Waals surface area contributed by atoms with Gasteiger partial charge in [0.2, 0.25) is 23.6 Å². The number of hydrogen-bond acceptors (Lipinski definition) is 7. The highest BCUT2D eigenvalue weighted by Gasteiger charge is 2.68. The second-order valence-electron chi connectivity index (χ2n) is 13.7. The van der Waals surface area contributed by atoms with Crippen molar-refractivity contribution in [1.29, 1.82) is 0 Å². The highest BCUT2D eigenvalue weighted by Crippen LogP contribution is 2.65. The number of amides is 4. The maximum atomic E-state index is 14.6. The smallest absolute Gasteiger partial charge is 0.241 e. The fraction of sp³-hybridized carbons (Fsp3) is 0.268. The molecule has 2 aliphatic heterocycles. The number of imide groups is 2. The molecule has 8 rings (SSSR count). The van der Waals surface area contributed by atoms with E-state index in [1.54, 1.807) is 61.5 Å². The molecule has 4 amide bonds. The Labute approximate surface area is 290 Å². The lowest BCUT2D eigenvalue weighted by atomic mass is 9.51. The first-order valence-corrected chi connectivity index (χ1v) is 17.1. The number of aromatic hydroxyl groups is 1. The average molecular weight is 668 g/mol. The fourth-order valence-corrected chi connectivity index (χ4v) is 8.86. The number of ether oxygens (including phenoxy) is 1. The van der Waals surface area contributed by atoms with E-state index in [2.05, 4.69) is 5.32 Å². The number of phenols is 1. The van der Waals surface area contributed by atoms with Crippen LogP contribution in [-0.2, 0) is 19.2 Å². The number of hydrogen-bond donors (Lipinski definition) is 2. The standard InChI is InChI=1S/C41H37N3O6/c1-3-50-33-16-10-15-30(36(33)45)35-28-21-22-29-34(31(28)23-32-38(47)44(40(49)41(32,35)2)26-13-8-5-9-14-26)39(48)43(37(29)46)27-19-17-25(18-20-27)42-24-11-6-4-7-12-24/h4-21,29,31-32,34-35,42,45H,3,22-23H2,1-2H3. The molecule has 6 atom stereocenters. The van der Waals surface area contributed by atoms with Crippen molar-refractivity contribution in [3.8, 4) is 11.5 Å². The second kappa shape index (κ2) is 12.0. The first-order valence-electron chi connectivity index (χ1n) is 17.1. The largest absolute Gasteiger partial charge is 0.504 e. The van der Waals surface area contributed by atoms with Crippen LogP contribution >= 0.6 is 0 Å². The number of fused-ring (bicyclic) bond motifs is 4. The molecule has 2 saturated heterocycles. The van der Waals surface area contributed by atoms with E-state index in [0.717, 1.165) is 16.9 Å². The minimum absolute atomic E-state index is 0.0962. The normalized spacial score (nSPS) is 27.1. The van der Waals surface area contributed by atoms with E-state index < -0.39 is 35.0 Å². The molecule has 50 heavy (non-hydrogen) atoms. The molecule has 2 N–H and O–H groups in total. The van der Waals surface area contributed by atoms with E-state index >= 15 is 0 Å². The highest BCUT2D eigenvalue weighted by atomic mass is 16.5. The van der Waals surface area contributed by atoms with Gasteiger partial charge in [0.05, 0.1) is 41.2 Å². The van der Waals surface area contributed by atoms with Gasteiger partial charge >= 0.3 is 0 Å². The van der Waals surface area contributed by atoms with Gasteiger partial charge in [0.25, 0.3) is 0 Å². The average Bonchev–Trinajstić information content (AvgIpc) is 3.50. The molecule has 252 valence electrons. The van der Waals surface area contributed by atoms with Crippen molar-refractivity contribution in [1.82, 2.24) is 0 Å². The molecule has 2 aliphatic carbocycles. The van der Waals surface area contributed by atoms with E-state index in [-0.39, 0.29) is 41.5 Å². The van der Waals surface area contributed by atoms with Crippen molar-refractivity contribution in [2.24, 2.45) is 29.1 Å². The van der Waals surface area contributed by atoms with Crippen LogP contribution in [0.2, 0.25) is 0 Å². The second-order valence-corrected chi connectivity index (χ2v) is 13.7. The van der Waals surface area contributed by atoms with Crippen LogP contribution in [-0.4, -0.2) is 35.3 Å². The maximum absolute atomic E-state index is 14.6. The summed E-state index contributed by atoms with van der Waals surface area (Å²) in [4.78, 5) is 60.0. The number of anilines is 4. The molecule has 9 heteroatoms. The summed E-state index contributed by atoms with van der Waals surface area (Å²) in [5.41, 5.74) is 2.69. The van der Waals surface area contributed by atoms with Crippen molar-refractivity contribution in [3.05, 3.63) is 120 Å². The SMILES string of the molecule is CCOc1cccc(C2C3=CCC4C(=O)N(c5ccc(Nc6ccccc6)cc5)C(=O)C4C3CC3C(=O)N(c4ccccc4)C(=O)C32C)c1O. The van der Waals surface area contributed by atoms with Crippen LogP contribution in [0.15, 0.2) is 115 Å². The van der Waals surface area contributed by atoms with Crippen LogP contribution < -0.4 is 19.9 Å². The Balaban J connectivity index is 1.19. The number of carbonyl (C=O) groups is 4. The van der Waals surface area contributed by atoms with E-state index in [0.29, 0.717) is 30.0 Å². The summed E-state index contributed by atoms with van der Waals surface area (Å²) < 4.78 is 5.75. The van der Waals surface area contributed by atoms with Crippen molar-refractivity contribution in [2.75, 3.05) is 21.7 Å². The number of nitrogens with one attached hydrogen (secondary N) is 1. The number of allylic oxidation sites excluding steroid dienone is 2. The van der Waals surface area contributed by atoms with Gasteiger partial charge in [0.15, 0.2) is 11.5 Å². The highest BCUT2D eigenvalue weighted by molar-refractivity contribution is 6.25. The summed E-state index contributed by atoms with van der Waals surface area (Å²) >= 11 is 0. The lowest BCUT2D eigenvalue weighted by Crippen LogP contribution is -2.48. The van der Waals surface area contributed by atoms with Gasteiger partial charge in [0, 0.05) is 22.9 Å². The summed E-state index contributed by atoms with van der Waals surface area (Å²) in [5.74, 6) is -4.46. The Hall–Kier alpha value is -5.70. The van der Waals surface area contributed by atoms with Crippen LogP contribution in [0.4, 0.5) is 22.7 Å². The third-order valence-electron chi connectivity index (χ3n) is 11.1. The maximum Gasteiger partial charge on any atom is 0.241 e. The molecule has 9 nitrogen and oxygen atoms in total. The van der Waals surface area contributed by atoms with Crippen LogP contribution in [0, 0.1) is 29.1 Å². The monoisotopic (exact) mass is 667 g/mol. The summed E-state index contributed by atoms with van der Waals surface area (Å²) in [5, 5.41) is 14.9. The van der Waals surface area contributed by atoms with Gasteiger partial charge in [-0.1, -0.05) is 60.2 Å². The van der Waals surface area contributed by atoms with Crippen molar-refractivity contribution in [3.63, 3.8) is 0 Å². The van der Waals surface area contributed by atoms with Crippen LogP contribution in [0.25, 0.3) is 0 Å². The molecule has 0 spiro atoms. The summed E-state index contributed by atoms with van der Waals surface area (Å²) in [7, 11) is 0. The van der Waals surface area contributed by atoms with E-state index in [9.17, 15) is 24.3 Å². The number of nitrogens with zero attached hydrogens (tertiary/aromatic N) is 2. The minimum atomic E-state index is -1.27. The number of phenolic OH excluding ortho intramolecular Hbond substituents is 1. The predicted molar refractivity (Wildman–Crippen MR) is 189 cm³/mol. The Bertz CT molecular complexity index is 2050. The molecule has 0 aromatic heterocycles. The van der Waals surface area contributed by atoms with Gasteiger partial charge in [-0.25, -0.2) is 4.90 Å². The van der Waals surface area contributed by atoms with E-state index in [1.807, 2.05) is 61.5 Å². The van der Waals surface area contributed by atoms with Crippen molar-refractivity contribution in [2.45, 2.75) is 32.6 Å². The summed E-state index contributed by atoms with van der Waals surface area (Å²) in [6.45, 7) is 3.95. The minimum Gasteiger partial charge on any atom is -0.504 e. The molecule has 6 unspecified atom stereocenters. The van der Waals surface area contributed by atoms with Gasteiger partial charge in [-0.15, -0.1) is 0 Å². The third kappa shape index (κ3) is 4.67. The Kier molecular flexibility index (Phi) is 7.58. The number of benzene rings is 4. The number of para-hydroxylation sites is 3. The molecule has 0 radical (unpaired) electrons. The van der Waals surface area contributed by atoms with E-state index in [1.165, 1.54) is 9.80 Å². The topological polar surface area (TPSA) is 116 Å². The third-order valence-corrected chi connectivity index (χ3v) is 11.1. The quantitative estimate of drug-likeness (QED) is 0.162. The van der Waals surface area contributed by atoms with Gasteiger partial charge in [-0.2, -0.15) is 0 Å². The molecule has 3 fully saturated rings. The van der Waals surface area contributed by atoms with Crippen LogP contribution in [0.3, 0.4) is 0 Å². The van der Waals surface area contributed by atoms with Gasteiger partial charge in [-0.05, 0) is 87.2 Å². The fourth-order valence-electron chi connectivity index (χ4n) is 8.86. The molecular formula is C41H37N3O6. The zero-order valence-electron chi connectivity index (χ0n) is 27.8. The molecule has 0 bridgehead atoms. The van der Waals surface area contributed by atoms with Crippen LogP contribution in [0.5, 0.6) is 11.5 Å². The number of carbonyl (C=O) groups excluding carboxylic acids is 4. The lowest BCUT2D eigenvalue weighted by Gasteiger charge is -2.49. The lowest BCUT2D eigenvalue weighted by molar-refractivity contribution is -0.131. The molecule has 2 heterocycles. The Morgan fingerprint density at radius 2 is 1.42 bits per heavy atom. The molecule has 4 aromatic carbocycles. The first kappa shape index (κ1) is 31.6. The molecule has 4 aliphatic rings. The van der Waals surface area contributed by atoms with Crippen molar-refractivity contribution >= 4 is 46.4 Å². The van der Waals surface area contributed by atoms with Crippen LogP contribution in [0.1, 0.15) is 38.2 Å².